The summed E-state index contributed by atoms with van der Waals surface area (Å²) < 4.78 is 0. The van der Waals surface area contributed by atoms with Gasteiger partial charge in [-0.2, -0.15) is 0 Å². The van der Waals surface area contributed by atoms with Gasteiger partial charge in [0.25, 0.3) is 0 Å². The quantitative estimate of drug-likeness (QED) is 0.643. The summed E-state index contributed by atoms with van der Waals surface area (Å²) in [6.07, 6.45) is 0.413. The fourth-order valence-corrected chi connectivity index (χ4v) is 3.41. The molecule has 0 radical (unpaired) electrons. The molecule has 0 aliphatic rings. The minimum Gasteiger partial charge on any atom is -0.508 e. The van der Waals surface area contributed by atoms with Crippen LogP contribution in [-0.2, 0) is 5.60 Å². The molecule has 3 aromatic carbocycles. The van der Waals surface area contributed by atoms with Crippen molar-refractivity contribution in [3.05, 3.63) is 102 Å². The molecule has 3 nitrogen and oxygen atoms in total. The highest BCUT2D eigenvalue weighted by molar-refractivity contribution is 5.43. The summed E-state index contributed by atoms with van der Waals surface area (Å²) in [7, 11) is 0. The summed E-state index contributed by atoms with van der Waals surface area (Å²) in [4.78, 5) is 0. The Morgan fingerprint density at radius 1 is 0.720 bits per heavy atom. The van der Waals surface area contributed by atoms with Crippen LogP contribution in [-0.4, -0.2) is 21.9 Å². The Morgan fingerprint density at radius 3 is 1.80 bits per heavy atom. The van der Waals surface area contributed by atoms with Crippen LogP contribution in [0, 0.1) is 0 Å². The number of benzene rings is 3. The lowest BCUT2D eigenvalue weighted by atomic mass is 9.71. The van der Waals surface area contributed by atoms with Crippen molar-refractivity contribution in [2.45, 2.75) is 17.9 Å². The molecule has 0 spiro atoms. The van der Waals surface area contributed by atoms with E-state index in [-0.39, 0.29) is 18.3 Å². The van der Waals surface area contributed by atoms with Gasteiger partial charge in [0, 0.05) is 12.5 Å². The van der Waals surface area contributed by atoms with E-state index in [1.807, 2.05) is 60.7 Å². The van der Waals surface area contributed by atoms with Crippen LogP contribution in [0.1, 0.15) is 29.0 Å². The lowest BCUT2D eigenvalue weighted by Gasteiger charge is -2.37. The lowest BCUT2D eigenvalue weighted by Crippen LogP contribution is -2.35. The minimum absolute atomic E-state index is 0.0349. The number of aliphatic hydroxyl groups is 2. The van der Waals surface area contributed by atoms with Crippen LogP contribution in [0.3, 0.4) is 0 Å². The van der Waals surface area contributed by atoms with E-state index in [4.69, 9.17) is 0 Å². The molecular formula is C22H22O3. The Labute approximate surface area is 147 Å². The van der Waals surface area contributed by atoms with Crippen molar-refractivity contribution in [3.8, 4) is 5.75 Å². The minimum atomic E-state index is -1.32. The van der Waals surface area contributed by atoms with E-state index in [1.54, 1.807) is 24.3 Å². The molecule has 3 rings (SSSR count). The molecule has 0 aromatic heterocycles. The number of hydrogen-bond donors (Lipinski definition) is 3. The van der Waals surface area contributed by atoms with Crippen molar-refractivity contribution < 1.29 is 15.3 Å². The average molecular weight is 334 g/mol. The zero-order valence-corrected chi connectivity index (χ0v) is 13.9. The number of aliphatic hydroxyl groups excluding tert-OH is 1. The molecule has 0 fully saturated rings. The number of aromatic hydroxyl groups is 1. The summed E-state index contributed by atoms with van der Waals surface area (Å²) in [5, 5.41) is 31.2. The zero-order chi connectivity index (χ0) is 17.7. The topological polar surface area (TPSA) is 60.7 Å². The van der Waals surface area contributed by atoms with Crippen molar-refractivity contribution >= 4 is 0 Å². The van der Waals surface area contributed by atoms with Gasteiger partial charge in [0.1, 0.15) is 11.4 Å². The highest BCUT2D eigenvalue weighted by atomic mass is 16.3. The van der Waals surface area contributed by atoms with Gasteiger partial charge < -0.3 is 15.3 Å². The molecule has 0 aliphatic heterocycles. The maximum Gasteiger partial charge on any atom is 0.121 e. The summed E-state index contributed by atoms with van der Waals surface area (Å²) in [6, 6.07) is 25.8. The molecule has 0 saturated carbocycles. The molecule has 0 amide bonds. The van der Waals surface area contributed by atoms with E-state index in [1.165, 1.54) is 0 Å². The maximum absolute atomic E-state index is 11.9. The number of hydrogen-bond acceptors (Lipinski definition) is 3. The Hall–Kier alpha value is -2.62. The van der Waals surface area contributed by atoms with Crippen molar-refractivity contribution in [2.24, 2.45) is 0 Å². The first-order chi connectivity index (χ1) is 12.2. The van der Waals surface area contributed by atoms with Gasteiger partial charge in [0.05, 0.1) is 0 Å². The van der Waals surface area contributed by atoms with Crippen molar-refractivity contribution in [1.82, 2.24) is 0 Å². The molecule has 0 saturated heterocycles. The Kier molecular flexibility index (Phi) is 5.17. The van der Waals surface area contributed by atoms with E-state index in [0.29, 0.717) is 12.0 Å². The summed E-state index contributed by atoms with van der Waals surface area (Å²) in [6.45, 7) is -0.0349. The zero-order valence-electron chi connectivity index (χ0n) is 13.9. The van der Waals surface area contributed by atoms with Gasteiger partial charge in [-0.05, 0) is 35.2 Å². The summed E-state index contributed by atoms with van der Waals surface area (Å²) in [5.41, 5.74) is 1.07. The van der Waals surface area contributed by atoms with Crippen molar-refractivity contribution in [1.29, 1.82) is 0 Å². The predicted octanol–water partition coefficient (Wildman–Crippen LogP) is 3.79. The molecule has 3 aromatic rings. The van der Waals surface area contributed by atoms with Gasteiger partial charge in [0.2, 0.25) is 0 Å². The van der Waals surface area contributed by atoms with E-state index < -0.39 is 5.60 Å². The summed E-state index contributed by atoms with van der Waals surface area (Å²) in [5.74, 6) is -0.178. The molecule has 3 heteroatoms. The number of phenolic OH excluding ortho intramolecular Hbond substituents is 1. The van der Waals surface area contributed by atoms with Gasteiger partial charge in [-0.3, -0.25) is 0 Å². The maximum atomic E-state index is 11.9. The molecule has 25 heavy (non-hydrogen) atoms. The molecule has 3 N–H and O–H groups in total. The Bertz CT molecular complexity index is 785. The van der Waals surface area contributed by atoms with Crippen molar-refractivity contribution in [3.63, 3.8) is 0 Å². The standard InChI is InChI=1S/C22H22O3/c23-16-15-21(17-7-3-1-4-8-17)22(25,18-9-5-2-6-10-18)19-11-13-20(24)14-12-19/h1-14,21,23-25H,15-16H2/t21?,22-/m0/s1. The molecule has 0 bridgehead atoms. The monoisotopic (exact) mass is 334 g/mol. The Balaban J connectivity index is 2.20. The first-order valence-corrected chi connectivity index (χ1v) is 8.39. The van der Waals surface area contributed by atoms with E-state index in [2.05, 4.69) is 0 Å². The highest BCUT2D eigenvalue weighted by Gasteiger charge is 2.40. The van der Waals surface area contributed by atoms with Crippen LogP contribution < -0.4 is 0 Å². The number of phenols is 1. The first kappa shape index (κ1) is 17.2. The third-order valence-corrected chi connectivity index (χ3v) is 4.65. The smallest absolute Gasteiger partial charge is 0.121 e. The normalized spacial score (nSPS) is 14.6. The fraction of sp³-hybridized carbons (Fsp3) is 0.182. The second-order valence-electron chi connectivity index (χ2n) is 6.15. The van der Waals surface area contributed by atoms with E-state index >= 15 is 0 Å². The third kappa shape index (κ3) is 3.43. The second kappa shape index (κ2) is 7.51. The van der Waals surface area contributed by atoms with Crippen molar-refractivity contribution in [2.75, 3.05) is 6.61 Å². The molecule has 1 unspecified atom stereocenters. The van der Waals surface area contributed by atoms with Crippen LogP contribution in [0.2, 0.25) is 0 Å². The van der Waals surface area contributed by atoms with Crippen LogP contribution in [0.4, 0.5) is 0 Å². The SMILES string of the molecule is OCCC(c1ccccc1)[C@](O)(c1ccccc1)c1ccc(O)cc1. The molecular weight excluding hydrogens is 312 g/mol. The largest absolute Gasteiger partial charge is 0.508 e. The molecule has 128 valence electrons. The van der Waals surface area contributed by atoms with Crippen LogP contribution in [0.15, 0.2) is 84.9 Å². The van der Waals surface area contributed by atoms with Crippen LogP contribution in [0.25, 0.3) is 0 Å². The van der Waals surface area contributed by atoms with Gasteiger partial charge in [-0.1, -0.05) is 72.8 Å². The second-order valence-corrected chi connectivity index (χ2v) is 6.15. The summed E-state index contributed by atoms with van der Waals surface area (Å²) >= 11 is 0. The van der Waals surface area contributed by atoms with Gasteiger partial charge in [0.15, 0.2) is 0 Å². The highest BCUT2D eigenvalue weighted by Crippen LogP contribution is 2.44. The third-order valence-electron chi connectivity index (χ3n) is 4.65. The van der Waals surface area contributed by atoms with E-state index in [0.717, 1.165) is 11.1 Å². The molecule has 0 heterocycles. The molecule has 2 atom stereocenters. The van der Waals surface area contributed by atoms with Crippen LogP contribution in [0.5, 0.6) is 5.75 Å². The fourth-order valence-electron chi connectivity index (χ4n) is 3.41. The average Bonchev–Trinajstić information content (AvgIpc) is 2.67. The van der Waals surface area contributed by atoms with Gasteiger partial charge >= 0.3 is 0 Å². The van der Waals surface area contributed by atoms with Gasteiger partial charge in [-0.25, -0.2) is 0 Å². The van der Waals surface area contributed by atoms with Gasteiger partial charge in [-0.15, -0.1) is 0 Å². The number of rotatable bonds is 6. The van der Waals surface area contributed by atoms with E-state index in [9.17, 15) is 15.3 Å². The predicted molar refractivity (Wildman–Crippen MR) is 98.4 cm³/mol. The lowest BCUT2D eigenvalue weighted by molar-refractivity contribution is 0.0393. The molecule has 0 aliphatic carbocycles. The van der Waals surface area contributed by atoms with Crippen LogP contribution >= 0.6 is 0 Å². The first-order valence-electron chi connectivity index (χ1n) is 8.39. The Morgan fingerprint density at radius 2 is 1.24 bits per heavy atom.